The largest absolute Gasteiger partial charge is 0.324 e. The van der Waals surface area contributed by atoms with Crippen LogP contribution in [0.3, 0.4) is 0 Å². The summed E-state index contributed by atoms with van der Waals surface area (Å²) in [5, 5.41) is 0. The molecule has 0 spiro atoms. The SMILES string of the molecule is CN(C)C1CCN(CCC(N)c2cccc(F)c2F)CC1. The lowest BCUT2D eigenvalue weighted by molar-refractivity contribution is 0.142. The maximum absolute atomic E-state index is 13.7. The zero-order chi connectivity index (χ0) is 15.4. The second-order valence-electron chi connectivity index (χ2n) is 6.07. The highest BCUT2D eigenvalue weighted by Crippen LogP contribution is 2.21. The summed E-state index contributed by atoms with van der Waals surface area (Å²) >= 11 is 0. The molecule has 1 saturated heterocycles. The average Bonchev–Trinajstić information content (AvgIpc) is 2.48. The minimum Gasteiger partial charge on any atom is -0.324 e. The van der Waals surface area contributed by atoms with Crippen LogP contribution >= 0.6 is 0 Å². The van der Waals surface area contributed by atoms with E-state index in [4.69, 9.17) is 5.73 Å². The number of hydrogen-bond donors (Lipinski definition) is 1. The number of hydrogen-bond acceptors (Lipinski definition) is 3. The molecule has 1 fully saturated rings. The fourth-order valence-corrected chi connectivity index (χ4v) is 2.94. The maximum Gasteiger partial charge on any atom is 0.163 e. The molecule has 1 heterocycles. The molecule has 1 aromatic rings. The second-order valence-corrected chi connectivity index (χ2v) is 6.07. The first kappa shape index (κ1) is 16.3. The fraction of sp³-hybridized carbons (Fsp3) is 0.625. The van der Waals surface area contributed by atoms with Crippen LogP contribution < -0.4 is 5.73 Å². The third-order valence-electron chi connectivity index (χ3n) is 4.42. The lowest BCUT2D eigenvalue weighted by atomic mass is 10.0. The Kier molecular flexibility index (Phi) is 5.67. The van der Waals surface area contributed by atoms with Gasteiger partial charge < -0.3 is 15.5 Å². The summed E-state index contributed by atoms with van der Waals surface area (Å²) in [5.41, 5.74) is 6.29. The van der Waals surface area contributed by atoms with Crippen molar-refractivity contribution < 1.29 is 8.78 Å². The summed E-state index contributed by atoms with van der Waals surface area (Å²) in [5.74, 6) is -1.63. The van der Waals surface area contributed by atoms with Gasteiger partial charge in [0.15, 0.2) is 11.6 Å². The first-order valence-corrected chi connectivity index (χ1v) is 7.57. The van der Waals surface area contributed by atoms with E-state index < -0.39 is 17.7 Å². The van der Waals surface area contributed by atoms with E-state index in [1.807, 2.05) is 0 Å². The smallest absolute Gasteiger partial charge is 0.163 e. The Morgan fingerprint density at radius 1 is 1.29 bits per heavy atom. The summed E-state index contributed by atoms with van der Waals surface area (Å²) in [7, 11) is 4.23. The van der Waals surface area contributed by atoms with Crippen LogP contribution in [0.15, 0.2) is 18.2 Å². The van der Waals surface area contributed by atoms with Crippen LogP contribution in [0, 0.1) is 11.6 Å². The van der Waals surface area contributed by atoms with Gasteiger partial charge in [0.2, 0.25) is 0 Å². The molecule has 3 nitrogen and oxygen atoms in total. The fourth-order valence-electron chi connectivity index (χ4n) is 2.94. The van der Waals surface area contributed by atoms with Gasteiger partial charge in [-0.15, -0.1) is 0 Å². The van der Waals surface area contributed by atoms with Gasteiger partial charge in [0, 0.05) is 17.6 Å². The van der Waals surface area contributed by atoms with Crippen LogP contribution in [-0.2, 0) is 0 Å². The van der Waals surface area contributed by atoms with Crippen molar-refractivity contribution in [3.63, 3.8) is 0 Å². The third-order valence-corrected chi connectivity index (χ3v) is 4.42. The zero-order valence-corrected chi connectivity index (χ0v) is 12.9. The molecular weight excluding hydrogens is 272 g/mol. The van der Waals surface area contributed by atoms with Gasteiger partial charge in [0.1, 0.15) is 0 Å². The number of nitrogens with two attached hydrogens (primary N) is 1. The van der Waals surface area contributed by atoms with Crippen LogP contribution in [-0.4, -0.2) is 49.6 Å². The van der Waals surface area contributed by atoms with Gasteiger partial charge in [-0.2, -0.15) is 0 Å². The van der Waals surface area contributed by atoms with E-state index in [1.165, 1.54) is 6.07 Å². The van der Waals surface area contributed by atoms with Crippen molar-refractivity contribution >= 4 is 0 Å². The van der Waals surface area contributed by atoms with Crippen molar-refractivity contribution in [1.29, 1.82) is 0 Å². The molecule has 0 amide bonds. The van der Waals surface area contributed by atoms with Gasteiger partial charge in [-0.1, -0.05) is 12.1 Å². The number of likely N-dealkylation sites (tertiary alicyclic amines) is 1. The Bertz CT molecular complexity index is 457. The minimum atomic E-state index is -0.824. The normalized spacial score (nSPS) is 19.1. The van der Waals surface area contributed by atoms with Crippen LogP contribution in [0.2, 0.25) is 0 Å². The van der Waals surface area contributed by atoms with E-state index in [9.17, 15) is 8.78 Å². The molecule has 2 rings (SSSR count). The van der Waals surface area contributed by atoms with Gasteiger partial charge in [-0.3, -0.25) is 0 Å². The first-order chi connectivity index (χ1) is 9.99. The molecule has 5 heteroatoms. The van der Waals surface area contributed by atoms with Crippen LogP contribution in [0.1, 0.15) is 30.9 Å². The molecule has 2 N–H and O–H groups in total. The van der Waals surface area contributed by atoms with E-state index in [2.05, 4.69) is 23.9 Å². The highest BCUT2D eigenvalue weighted by Gasteiger charge is 2.21. The van der Waals surface area contributed by atoms with Crippen molar-refractivity contribution in [2.45, 2.75) is 31.3 Å². The van der Waals surface area contributed by atoms with Crippen LogP contribution in [0.25, 0.3) is 0 Å². The number of benzene rings is 1. The molecule has 1 unspecified atom stereocenters. The monoisotopic (exact) mass is 297 g/mol. The molecule has 1 aliphatic heterocycles. The standard InChI is InChI=1S/C16H25F2N3/c1-20(2)12-6-9-21(10-7-12)11-8-15(19)13-4-3-5-14(17)16(13)18/h3-5,12,15H,6-11,19H2,1-2H3. The Morgan fingerprint density at radius 2 is 1.95 bits per heavy atom. The molecule has 118 valence electrons. The topological polar surface area (TPSA) is 32.5 Å². The highest BCUT2D eigenvalue weighted by atomic mass is 19.2. The summed E-state index contributed by atoms with van der Waals surface area (Å²) in [6, 6.07) is 4.40. The molecule has 0 radical (unpaired) electrons. The van der Waals surface area contributed by atoms with E-state index >= 15 is 0 Å². The number of piperidine rings is 1. The van der Waals surface area contributed by atoms with E-state index in [0.29, 0.717) is 12.5 Å². The summed E-state index contributed by atoms with van der Waals surface area (Å²) in [4.78, 5) is 4.63. The molecule has 21 heavy (non-hydrogen) atoms. The second kappa shape index (κ2) is 7.29. The van der Waals surface area contributed by atoms with Crippen LogP contribution in [0.5, 0.6) is 0 Å². The Morgan fingerprint density at radius 3 is 2.57 bits per heavy atom. The van der Waals surface area contributed by atoms with Gasteiger partial charge in [0.05, 0.1) is 0 Å². The lowest BCUT2D eigenvalue weighted by Crippen LogP contribution is -2.42. The predicted octanol–water partition coefficient (Wildman–Crippen LogP) is 2.38. The maximum atomic E-state index is 13.7. The van der Waals surface area contributed by atoms with Crippen molar-refractivity contribution in [2.24, 2.45) is 5.73 Å². The van der Waals surface area contributed by atoms with Crippen LogP contribution in [0.4, 0.5) is 8.78 Å². The van der Waals surface area contributed by atoms with Crippen molar-refractivity contribution in [3.8, 4) is 0 Å². The van der Waals surface area contributed by atoms with Gasteiger partial charge in [-0.25, -0.2) is 8.78 Å². The quantitative estimate of drug-likeness (QED) is 0.906. The van der Waals surface area contributed by atoms with Crippen molar-refractivity contribution in [1.82, 2.24) is 9.80 Å². The molecule has 0 bridgehead atoms. The average molecular weight is 297 g/mol. The molecule has 0 aromatic heterocycles. The Balaban J connectivity index is 1.82. The van der Waals surface area contributed by atoms with Gasteiger partial charge >= 0.3 is 0 Å². The van der Waals surface area contributed by atoms with Gasteiger partial charge in [-0.05, 0) is 59.1 Å². The van der Waals surface area contributed by atoms with Crippen molar-refractivity contribution in [2.75, 3.05) is 33.7 Å². The number of nitrogens with zero attached hydrogens (tertiary/aromatic N) is 2. The molecule has 1 atom stereocenters. The lowest BCUT2D eigenvalue weighted by Gasteiger charge is -2.35. The summed E-state index contributed by atoms with van der Waals surface area (Å²) < 4.78 is 26.9. The Labute approximate surface area is 125 Å². The summed E-state index contributed by atoms with van der Waals surface area (Å²) in [6.45, 7) is 2.92. The van der Waals surface area contributed by atoms with E-state index in [-0.39, 0.29) is 5.56 Å². The third kappa shape index (κ3) is 4.22. The number of halogens is 2. The first-order valence-electron chi connectivity index (χ1n) is 7.57. The molecular formula is C16H25F2N3. The zero-order valence-electron chi connectivity index (χ0n) is 12.9. The molecule has 0 aliphatic carbocycles. The molecule has 0 saturated carbocycles. The highest BCUT2D eigenvalue weighted by molar-refractivity contribution is 5.22. The van der Waals surface area contributed by atoms with Gasteiger partial charge in [0.25, 0.3) is 0 Å². The molecule has 1 aliphatic rings. The predicted molar refractivity (Wildman–Crippen MR) is 81.1 cm³/mol. The summed E-state index contributed by atoms with van der Waals surface area (Å²) in [6.07, 6.45) is 2.94. The number of rotatable bonds is 5. The Hall–Kier alpha value is -1.04. The van der Waals surface area contributed by atoms with E-state index in [0.717, 1.165) is 38.5 Å². The molecule has 1 aromatic carbocycles. The van der Waals surface area contributed by atoms with E-state index in [1.54, 1.807) is 6.07 Å². The minimum absolute atomic E-state index is 0.276. The van der Waals surface area contributed by atoms with Crippen molar-refractivity contribution in [3.05, 3.63) is 35.4 Å².